The van der Waals surface area contributed by atoms with Gasteiger partial charge in [-0.15, -0.1) is 0 Å². The van der Waals surface area contributed by atoms with Crippen molar-refractivity contribution in [2.45, 2.75) is 32.7 Å². The maximum absolute atomic E-state index is 3.17. The highest BCUT2D eigenvalue weighted by molar-refractivity contribution is 4.52. The van der Waals surface area contributed by atoms with Crippen LogP contribution in [-0.4, -0.2) is 13.1 Å². The Labute approximate surface area is 46.1 Å². The minimum atomic E-state index is 0.699. The Balaban J connectivity index is 2.83. The quantitative estimate of drug-likeness (QED) is 0.566. The van der Waals surface area contributed by atoms with Crippen LogP contribution >= 0.6 is 0 Å². The zero-order valence-electron chi connectivity index (χ0n) is 5.49. The summed E-state index contributed by atoms with van der Waals surface area (Å²) >= 11 is 0. The van der Waals surface area contributed by atoms with Gasteiger partial charge in [-0.05, 0) is 20.4 Å². The number of hydrogen-bond donors (Lipinski definition) is 1. The molecular weight excluding hydrogens is 86.1 g/mol. The first-order chi connectivity index (χ1) is 3.31. The van der Waals surface area contributed by atoms with Crippen molar-refractivity contribution in [1.29, 1.82) is 0 Å². The summed E-state index contributed by atoms with van der Waals surface area (Å²) in [5.41, 5.74) is 0. The molecule has 0 radical (unpaired) electrons. The second kappa shape index (κ2) is 4.13. The Morgan fingerprint density at radius 1 is 1.57 bits per heavy atom. The molecule has 7 heavy (non-hydrogen) atoms. The van der Waals surface area contributed by atoms with Crippen LogP contribution in [0.1, 0.15) is 26.7 Å². The standard InChI is InChI=1S/C6H15N/c1-4-5-6(2)7-3/h6-7H,4-5H2,1-3H3. The molecule has 0 amide bonds. The van der Waals surface area contributed by atoms with Crippen LogP contribution in [0.5, 0.6) is 0 Å². The van der Waals surface area contributed by atoms with Crippen LogP contribution in [0, 0.1) is 0 Å². The Morgan fingerprint density at radius 3 is 2.29 bits per heavy atom. The lowest BCUT2D eigenvalue weighted by Crippen LogP contribution is -2.20. The Kier molecular flexibility index (Phi) is 4.10. The molecule has 0 aromatic heterocycles. The van der Waals surface area contributed by atoms with E-state index in [0.717, 1.165) is 0 Å². The molecule has 0 aromatic rings. The van der Waals surface area contributed by atoms with E-state index in [1.807, 2.05) is 7.05 Å². The lowest BCUT2D eigenvalue weighted by molar-refractivity contribution is 0.557. The van der Waals surface area contributed by atoms with Gasteiger partial charge in [-0.1, -0.05) is 13.3 Å². The molecule has 0 aliphatic carbocycles. The van der Waals surface area contributed by atoms with E-state index >= 15 is 0 Å². The summed E-state index contributed by atoms with van der Waals surface area (Å²) in [6.07, 6.45) is 2.57. The largest absolute Gasteiger partial charge is 0.317 e. The molecule has 1 atom stereocenters. The van der Waals surface area contributed by atoms with Gasteiger partial charge >= 0.3 is 0 Å². The summed E-state index contributed by atoms with van der Waals surface area (Å²) < 4.78 is 0. The highest BCUT2D eigenvalue weighted by Gasteiger charge is 1.91. The molecule has 0 aliphatic heterocycles. The van der Waals surface area contributed by atoms with Gasteiger partial charge in [0, 0.05) is 6.04 Å². The van der Waals surface area contributed by atoms with Gasteiger partial charge < -0.3 is 5.32 Å². The van der Waals surface area contributed by atoms with Crippen molar-refractivity contribution >= 4 is 0 Å². The Morgan fingerprint density at radius 2 is 2.14 bits per heavy atom. The lowest BCUT2D eigenvalue weighted by Gasteiger charge is -2.05. The summed E-state index contributed by atoms with van der Waals surface area (Å²) in [6, 6.07) is 0.699. The molecule has 0 heterocycles. The van der Waals surface area contributed by atoms with Crippen LogP contribution in [0.15, 0.2) is 0 Å². The predicted molar refractivity (Wildman–Crippen MR) is 33.4 cm³/mol. The molecule has 0 aliphatic rings. The summed E-state index contributed by atoms with van der Waals surface area (Å²) in [5.74, 6) is 0. The monoisotopic (exact) mass is 101 g/mol. The van der Waals surface area contributed by atoms with Crippen LogP contribution in [0.3, 0.4) is 0 Å². The molecule has 0 aromatic carbocycles. The maximum Gasteiger partial charge on any atom is 0.00356 e. The van der Waals surface area contributed by atoms with Crippen molar-refractivity contribution < 1.29 is 0 Å². The molecule has 1 N–H and O–H groups in total. The second-order valence-corrected chi connectivity index (χ2v) is 1.98. The van der Waals surface area contributed by atoms with Crippen molar-refractivity contribution in [3.63, 3.8) is 0 Å². The fraction of sp³-hybridized carbons (Fsp3) is 1.00. The molecule has 1 nitrogen and oxygen atoms in total. The Hall–Kier alpha value is -0.0400. The van der Waals surface area contributed by atoms with E-state index in [-0.39, 0.29) is 0 Å². The van der Waals surface area contributed by atoms with Crippen LogP contribution in [0.25, 0.3) is 0 Å². The molecule has 44 valence electrons. The van der Waals surface area contributed by atoms with E-state index in [2.05, 4.69) is 19.2 Å². The molecule has 0 saturated heterocycles. The van der Waals surface area contributed by atoms with Gasteiger partial charge in [-0.25, -0.2) is 0 Å². The predicted octanol–water partition coefficient (Wildman–Crippen LogP) is 1.39. The third-order valence-electron chi connectivity index (χ3n) is 1.21. The van der Waals surface area contributed by atoms with Gasteiger partial charge in [0.1, 0.15) is 0 Å². The first-order valence-electron chi connectivity index (χ1n) is 2.98. The zero-order chi connectivity index (χ0) is 5.70. The van der Waals surface area contributed by atoms with Crippen LogP contribution < -0.4 is 5.32 Å². The first kappa shape index (κ1) is 6.96. The summed E-state index contributed by atoms with van der Waals surface area (Å²) in [4.78, 5) is 0. The normalized spacial score (nSPS) is 14.1. The highest BCUT2D eigenvalue weighted by Crippen LogP contribution is 1.91. The van der Waals surface area contributed by atoms with Crippen molar-refractivity contribution in [3.8, 4) is 0 Å². The van der Waals surface area contributed by atoms with Gasteiger partial charge in [-0.2, -0.15) is 0 Å². The molecule has 1 unspecified atom stereocenters. The minimum absolute atomic E-state index is 0.699. The molecule has 1 heteroatoms. The molecule has 0 saturated carbocycles. The van der Waals surface area contributed by atoms with E-state index in [1.54, 1.807) is 0 Å². The van der Waals surface area contributed by atoms with Gasteiger partial charge in [-0.3, -0.25) is 0 Å². The zero-order valence-corrected chi connectivity index (χ0v) is 5.49. The Bertz CT molecular complexity index is 35.2. The summed E-state index contributed by atoms with van der Waals surface area (Å²) in [5, 5.41) is 3.17. The first-order valence-corrected chi connectivity index (χ1v) is 2.98. The van der Waals surface area contributed by atoms with Gasteiger partial charge in [0.25, 0.3) is 0 Å². The van der Waals surface area contributed by atoms with Gasteiger partial charge in [0.2, 0.25) is 0 Å². The van der Waals surface area contributed by atoms with Crippen molar-refractivity contribution in [2.24, 2.45) is 0 Å². The molecule has 0 bridgehead atoms. The number of nitrogens with one attached hydrogen (secondary N) is 1. The molecule has 0 spiro atoms. The van der Waals surface area contributed by atoms with Gasteiger partial charge in [0.15, 0.2) is 0 Å². The third-order valence-corrected chi connectivity index (χ3v) is 1.21. The van der Waals surface area contributed by atoms with Crippen molar-refractivity contribution in [3.05, 3.63) is 0 Å². The third kappa shape index (κ3) is 3.80. The smallest absolute Gasteiger partial charge is 0.00356 e. The fourth-order valence-electron chi connectivity index (χ4n) is 0.577. The second-order valence-electron chi connectivity index (χ2n) is 1.98. The number of hydrogen-bond acceptors (Lipinski definition) is 1. The summed E-state index contributed by atoms with van der Waals surface area (Å²) in [6.45, 7) is 4.40. The van der Waals surface area contributed by atoms with Crippen molar-refractivity contribution in [2.75, 3.05) is 7.05 Å². The van der Waals surface area contributed by atoms with Gasteiger partial charge in [0.05, 0.1) is 0 Å². The summed E-state index contributed by atoms with van der Waals surface area (Å²) in [7, 11) is 2.00. The van der Waals surface area contributed by atoms with E-state index in [0.29, 0.717) is 6.04 Å². The molecule has 0 fully saturated rings. The maximum atomic E-state index is 3.17. The average Bonchev–Trinajstić information content (AvgIpc) is 1.68. The number of rotatable bonds is 3. The topological polar surface area (TPSA) is 12.0 Å². The van der Waals surface area contributed by atoms with Crippen molar-refractivity contribution in [1.82, 2.24) is 5.32 Å². The SMILES string of the molecule is CCCC(C)NC. The highest BCUT2D eigenvalue weighted by atomic mass is 14.8. The minimum Gasteiger partial charge on any atom is -0.317 e. The lowest BCUT2D eigenvalue weighted by atomic mass is 10.2. The van der Waals surface area contributed by atoms with E-state index < -0.39 is 0 Å². The molecule has 0 rings (SSSR count). The molecular formula is C6H15N. The van der Waals surface area contributed by atoms with E-state index in [4.69, 9.17) is 0 Å². The van der Waals surface area contributed by atoms with Crippen LogP contribution in [-0.2, 0) is 0 Å². The van der Waals surface area contributed by atoms with Crippen LogP contribution in [0.4, 0.5) is 0 Å². The van der Waals surface area contributed by atoms with E-state index in [1.165, 1.54) is 12.8 Å². The van der Waals surface area contributed by atoms with E-state index in [9.17, 15) is 0 Å². The van der Waals surface area contributed by atoms with Crippen LogP contribution in [0.2, 0.25) is 0 Å². The fourth-order valence-corrected chi connectivity index (χ4v) is 0.577. The average molecular weight is 101 g/mol.